The van der Waals surface area contributed by atoms with Crippen molar-refractivity contribution >= 4 is 43.8 Å². The fraction of sp³-hybridized carbons (Fsp3) is 0. The molecule has 0 aliphatic rings. The molecule has 0 aliphatic carbocycles. The van der Waals surface area contributed by atoms with Gasteiger partial charge in [0.2, 0.25) is 0 Å². The van der Waals surface area contributed by atoms with Gasteiger partial charge in [-0.1, -0.05) is 54.1 Å². The molecule has 0 amide bonds. The summed E-state index contributed by atoms with van der Waals surface area (Å²) in [7, 11) is 0. The molecule has 0 unspecified atom stereocenters. The van der Waals surface area contributed by atoms with Crippen LogP contribution >= 0.6 is 22.9 Å². The quantitative estimate of drug-likeness (QED) is 0.409. The molecule has 22 heavy (non-hydrogen) atoms. The van der Waals surface area contributed by atoms with E-state index < -0.39 is 0 Å². The molecule has 4 aromatic rings. The first-order chi connectivity index (χ1) is 10.7. The maximum absolute atomic E-state index is 12.5. The Bertz CT molecular complexity index is 1070. The molecule has 0 aliphatic heterocycles. The van der Waals surface area contributed by atoms with E-state index in [1.807, 2.05) is 48.5 Å². The highest BCUT2D eigenvalue weighted by atomic mass is 35.5. The summed E-state index contributed by atoms with van der Waals surface area (Å²) in [5.74, 6) is 0. The Morgan fingerprint density at radius 2 is 1.68 bits per heavy atom. The summed E-state index contributed by atoms with van der Waals surface area (Å²) in [5, 5.41) is 3.71. The van der Waals surface area contributed by atoms with Crippen LogP contribution < -0.4 is 5.43 Å². The molecule has 0 atom stereocenters. The molecule has 0 fully saturated rings. The monoisotopic (exact) mass is 322 g/mol. The van der Waals surface area contributed by atoms with Crippen LogP contribution in [0.3, 0.4) is 0 Å². The van der Waals surface area contributed by atoms with Gasteiger partial charge in [0.15, 0.2) is 5.43 Å². The minimum atomic E-state index is 0.0504. The lowest BCUT2D eigenvalue weighted by Gasteiger charge is -2.06. The van der Waals surface area contributed by atoms with E-state index in [0.717, 1.165) is 31.3 Å². The average Bonchev–Trinajstić information content (AvgIpc) is 2.54. The SMILES string of the molecule is O=c1cc(-c2cccc(Cl)c2)sc2c1ccc1ccccc12. The fourth-order valence-corrected chi connectivity index (χ4v) is 4.06. The van der Waals surface area contributed by atoms with Gasteiger partial charge in [-0.05, 0) is 34.5 Å². The van der Waals surface area contributed by atoms with Crippen molar-refractivity contribution in [1.82, 2.24) is 0 Å². The van der Waals surface area contributed by atoms with Crippen molar-refractivity contribution < 1.29 is 0 Å². The third-order valence-corrected chi connectivity index (χ3v) is 5.18. The Balaban J connectivity index is 2.10. The molecule has 3 heteroatoms. The molecule has 0 radical (unpaired) electrons. The number of hydrogen-bond donors (Lipinski definition) is 0. The Hall–Kier alpha value is -2.16. The smallest absolute Gasteiger partial charge is 0.188 e. The minimum Gasteiger partial charge on any atom is -0.289 e. The van der Waals surface area contributed by atoms with E-state index in [-0.39, 0.29) is 5.43 Å². The third kappa shape index (κ3) is 2.21. The van der Waals surface area contributed by atoms with Crippen molar-refractivity contribution in [3.8, 4) is 10.4 Å². The molecule has 0 saturated carbocycles. The van der Waals surface area contributed by atoms with Crippen LogP contribution in [0.5, 0.6) is 0 Å². The zero-order valence-corrected chi connectivity index (χ0v) is 13.1. The summed E-state index contributed by atoms with van der Waals surface area (Å²) < 4.78 is 1.03. The minimum absolute atomic E-state index is 0.0504. The van der Waals surface area contributed by atoms with Gasteiger partial charge >= 0.3 is 0 Å². The van der Waals surface area contributed by atoms with Crippen LogP contribution in [0.15, 0.2) is 71.5 Å². The first-order valence-corrected chi connectivity index (χ1v) is 8.13. The Morgan fingerprint density at radius 1 is 0.818 bits per heavy atom. The maximum Gasteiger partial charge on any atom is 0.188 e. The molecule has 0 N–H and O–H groups in total. The van der Waals surface area contributed by atoms with Gasteiger partial charge in [0.05, 0.1) is 0 Å². The number of halogens is 1. The molecule has 0 spiro atoms. The van der Waals surface area contributed by atoms with Crippen molar-refractivity contribution in [2.75, 3.05) is 0 Å². The molecule has 0 bridgehead atoms. The predicted octanol–water partition coefficient (Wildman–Crippen LogP) is 5.74. The second-order valence-corrected chi connectivity index (χ2v) is 6.64. The Labute approximate surface area is 136 Å². The van der Waals surface area contributed by atoms with Crippen LogP contribution in [-0.4, -0.2) is 0 Å². The highest BCUT2D eigenvalue weighted by molar-refractivity contribution is 7.22. The van der Waals surface area contributed by atoms with E-state index >= 15 is 0 Å². The Kier molecular flexibility index (Phi) is 3.21. The van der Waals surface area contributed by atoms with E-state index in [0.29, 0.717) is 5.02 Å². The number of fused-ring (bicyclic) bond motifs is 3. The van der Waals surface area contributed by atoms with Crippen LogP contribution in [0.25, 0.3) is 31.3 Å². The van der Waals surface area contributed by atoms with Crippen molar-refractivity contribution in [1.29, 1.82) is 0 Å². The average molecular weight is 323 g/mol. The predicted molar refractivity (Wildman–Crippen MR) is 96.0 cm³/mol. The lowest BCUT2D eigenvalue weighted by Crippen LogP contribution is -1.99. The summed E-state index contributed by atoms with van der Waals surface area (Å²) in [5.41, 5.74) is 1.03. The van der Waals surface area contributed by atoms with Crippen LogP contribution in [0.2, 0.25) is 5.02 Å². The summed E-state index contributed by atoms with van der Waals surface area (Å²) in [6.07, 6.45) is 0. The lowest BCUT2D eigenvalue weighted by molar-refractivity contribution is 1.66. The molecule has 106 valence electrons. The van der Waals surface area contributed by atoms with Gasteiger partial charge in [0.1, 0.15) is 0 Å². The number of rotatable bonds is 1. The van der Waals surface area contributed by atoms with Gasteiger partial charge in [0.25, 0.3) is 0 Å². The summed E-state index contributed by atoms with van der Waals surface area (Å²) in [6, 6.07) is 21.4. The van der Waals surface area contributed by atoms with E-state index in [4.69, 9.17) is 11.6 Å². The molecule has 4 rings (SSSR count). The van der Waals surface area contributed by atoms with Crippen LogP contribution in [0.1, 0.15) is 0 Å². The fourth-order valence-electron chi connectivity index (χ4n) is 2.67. The van der Waals surface area contributed by atoms with Gasteiger partial charge in [-0.25, -0.2) is 0 Å². The topological polar surface area (TPSA) is 17.1 Å². The molecule has 1 heterocycles. The third-order valence-electron chi connectivity index (χ3n) is 3.73. The zero-order valence-electron chi connectivity index (χ0n) is 11.5. The standard InChI is InChI=1S/C19H11ClOS/c20-14-6-3-5-13(10-14)18-11-17(21)16-9-8-12-4-1-2-7-15(12)19(16)22-18/h1-11H. The van der Waals surface area contributed by atoms with Gasteiger partial charge in [-0.2, -0.15) is 0 Å². The second-order valence-electron chi connectivity index (χ2n) is 5.15. The van der Waals surface area contributed by atoms with Crippen LogP contribution in [0, 0.1) is 0 Å². The highest BCUT2D eigenvalue weighted by Crippen LogP contribution is 2.33. The normalized spacial score (nSPS) is 11.1. The van der Waals surface area contributed by atoms with E-state index in [1.165, 1.54) is 0 Å². The first kappa shape index (κ1) is 13.5. The van der Waals surface area contributed by atoms with Gasteiger partial charge in [-0.3, -0.25) is 4.79 Å². The van der Waals surface area contributed by atoms with Gasteiger partial charge in [0, 0.05) is 26.1 Å². The maximum atomic E-state index is 12.5. The molecule has 0 saturated heterocycles. The number of hydrogen-bond acceptors (Lipinski definition) is 2. The van der Waals surface area contributed by atoms with E-state index in [1.54, 1.807) is 17.4 Å². The first-order valence-electron chi connectivity index (χ1n) is 6.94. The molecular formula is C19H11ClOS. The van der Waals surface area contributed by atoms with E-state index in [9.17, 15) is 4.79 Å². The molecular weight excluding hydrogens is 312 g/mol. The van der Waals surface area contributed by atoms with Crippen LogP contribution in [0.4, 0.5) is 0 Å². The number of benzene rings is 3. The summed E-state index contributed by atoms with van der Waals surface area (Å²) >= 11 is 7.71. The zero-order chi connectivity index (χ0) is 15.1. The molecule has 1 nitrogen and oxygen atoms in total. The summed E-state index contributed by atoms with van der Waals surface area (Å²) in [6.45, 7) is 0. The lowest BCUT2D eigenvalue weighted by atomic mass is 10.1. The molecule has 3 aromatic carbocycles. The molecule has 1 aromatic heterocycles. The second kappa shape index (κ2) is 5.24. The van der Waals surface area contributed by atoms with Crippen molar-refractivity contribution in [2.24, 2.45) is 0 Å². The van der Waals surface area contributed by atoms with E-state index in [2.05, 4.69) is 12.1 Å². The largest absolute Gasteiger partial charge is 0.289 e. The van der Waals surface area contributed by atoms with Crippen molar-refractivity contribution in [3.63, 3.8) is 0 Å². The Morgan fingerprint density at radius 3 is 2.55 bits per heavy atom. The van der Waals surface area contributed by atoms with Gasteiger partial charge in [-0.15, -0.1) is 11.3 Å². The highest BCUT2D eigenvalue weighted by Gasteiger charge is 2.08. The summed E-state index contributed by atoms with van der Waals surface area (Å²) in [4.78, 5) is 13.4. The van der Waals surface area contributed by atoms with Crippen LogP contribution in [-0.2, 0) is 0 Å². The van der Waals surface area contributed by atoms with Gasteiger partial charge < -0.3 is 0 Å². The van der Waals surface area contributed by atoms with Crippen molar-refractivity contribution in [3.05, 3.63) is 82.0 Å². The van der Waals surface area contributed by atoms with Crippen molar-refractivity contribution in [2.45, 2.75) is 0 Å².